The Morgan fingerprint density at radius 3 is 1.44 bits per heavy atom. The van der Waals surface area contributed by atoms with Crippen LogP contribution in [0.1, 0.15) is 11.1 Å². The van der Waals surface area contributed by atoms with Crippen molar-refractivity contribution in [3.63, 3.8) is 0 Å². The lowest BCUT2D eigenvalue weighted by molar-refractivity contribution is 1.17. The molecule has 0 unspecified atom stereocenters. The molecule has 2 heterocycles. The molecule has 0 bridgehead atoms. The van der Waals surface area contributed by atoms with Crippen molar-refractivity contribution in [2.75, 3.05) is 0 Å². The number of para-hydroxylation sites is 3. The Labute approximate surface area is 277 Å². The van der Waals surface area contributed by atoms with Crippen LogP contribution in [0.25, 0.3) is 77.2 Å². The zero-order chi connectivity index (χ0) is 32.2. The molecule has 9 rings (SSSR count). The zero-order valence-corrected chi connectivity index (χ0v) is 25.8. The fraction of sp³-hybridized carbons (Fsp3) is 0. The van der Waals surface area contributed by atoms with E-state index in [1.54, 1.807) is 0 Å². The summed E-state index contributed by atoms with van der Waals surface area (Å²) >= 11 is 0. The summed E-state index contributed by atoms with van der Waals surface area (Å²) in [5, 5.41) is 24.0. The molecule has 0 spiro atoms. The maximum absolute atomic E-state index is 9.72. The van der Waals surface area contributed by atoms with Crippen LogP contribution < -0.4 is 0 Å². The topological polar surface area (TPSA) is 57.4 Å². The number of benzene rings is 7. The first-order valence-electron chi connectivity index (χ1n) is 15.9. The Morgan fingerprint density at radius 2 is 0.812 bits per heavy atom. The van der Waals surface area contributed by atoms with E-state index in [1.807, 2.05) is 42.5 Å². The first kappa shape index (κ1) is 27.4. The summed E-state index contributed by atoms with van der Waals surface area (Å²) in [6.45, 7) is 0. The third-order valence-corrected chi connectivity index (χ3v) is 9.32. The standard InChI is InChI=1S/C44H26N4/c45-27-29-9-7-10-31(21-29)33-23-34(26-36(25-33)48-43-18-6-3-15-39(43)40-22-30(28-46)19-20-44(40)48)32-11-8-12-35(24-32)47-41-16-4-1-13-37(41)38-14-2-5-17-42(38)47/h1-26H. The smallest absolute Gasteiger partial charge is 0.0991 e. The molecule has 2 aromatic heterocycles. The van der Waals surface area contributed by atoms with E-state index >= 15 is 0 Å². The third kappa shape index (κ3) is 4.29. The van der Waals surface area contributed by atoms with Crippen LogP contribution >= 0.6 is 0 Å². The molecule has 0 aliphatic heterocycles. The van der Waals surface area contributed by atoms with Gasteiger partial charge in [-0.1, -0.05) is 78.9 Å². The maximum Gasteiger partial charge on any atom is 0.0991 e. The molecule has 0 amide bonds. The van der Waals surface area contributed by atoms with Crippen molar-refractivity contribution in [3.05, 3.63) is 169 Å². The number of hydrogen-bond acceptors (Lipinski definition) is 2. The van der Waals surface area contributed by atoms with Crippen LogP contribution in [0.2, 0.25) is 0 Å². The highest BCUT2D eigenvalue weighted by molar-refractivity contribution is 6.10. The summed E-state index contributed by atoms with van der Waals surface area (Å²) in [6, 6.07) is 59.1. The summed E-state index contributed by atoms with van der Waals surface area (Å²) in [5.74, 6) is 0. The van der Waals surface area contributed by atoms with Crippen LogP contribution in [-0.2, 0) is 0 Å². The number of rotatable bonds is 4. The van der Waals surface area contributed by atoms with Gasteiger partial charge in [-0.3, -0.25) is 0 Å². The molecule has 0 atom stereocenters. The van der Waals surface area contributed by atoms with Gasteiger partial charge in [0.15, 0.2) is 0 Å². The van der Waals surface area contributed by atoms with E-state index in [4.69, 9.17) is 0 Å². The number of nitrogens with zero attached hydrogens (tertiary/aromatic N) is 4. The fourth-order valence-electron chi connectivity index (χ4n) is 7.19. The van der Waals surface area contributed by atoms with Crippen LogP contribution in [0.4, 0.5) is 0 Å². The molecule has 4 nitrogen and oxygen atoms in total. The second-order valence-electron chi connectivity index (χ2n) is 12.1. The fourth-order valence-corrected chi connectivity index (χ4v) is 7.19. The van der Waals surface area contributed by atoms with Crippen molar-refractivity contribution in [2.24, 2.45) is 0 Å². The molecule has 222 valence electrons. The minimum absolute atomic E-state index is 0.619. The third-order valence-electron chi connectivity index (χ3n) is 9.32. The predicted octanol–water partition coefficient (Wildman–Crippen LogP) is 11.0. The Morgan fingerprint density at radius 1 is 0.333 bits per heavy atom. The van der Waals surface area contributed by atoms with Crippen molar-refractivity contribution >= 4 is 43.6 Å². The van der Waals surface area contributed by atoms with Gasteiger partial charge in [0.2, 0.25) is 0 Å². The lowest BCUT2D eigenvalue weighted by atomic mass is 9.96. The first-order chi connectivity index (χ1) is 23.7. The second-order valence-corrected chi connectivity index (χ2v) is 12.1. The highest BCUT2D eigenvalue weighted by Gasteiger charge is 2.16. The Hall–Kier alpha value is -6.88. The van der Waals surface area contributed by atoms with Gasteiger partial charge in [-0.05, 0) is 101 Å². The summed E-state index contributed by atoms with van der Waals surface area (Å²) in [7, 11) is 0. The van der Waals surface area contributed by atoms with Crippen LogP contribution in [0.3, 0.4) is 0 Å². The lowest BCUT2D eigenvalue weighted by Gasteiger charge is -2.15. The van der Waals surface area contributed by atoms with Crippen LogP contribution in [-0.4, -0.2) is 9.13 Å². The van der Waals surface area contributed by atoms with E-state index in [9.17, 15) is 10.5 Å². The highest BCUT2D eigenvalue weighted by Crippen LogP contribution is 2.38. The zero-order valence-electron chi connectivity index (χ0n) is 25.8. The Kier molecular flexibility index (Phi) is 6.22. The van der Waals surface area contributed by atoms with E-state index in [2.05, 4.69) is 137 Å². The van der Waals surface area contributed by atoms with Crippen molar-refractivity contribution in [3.8, 4) is 45.8 Å². The van der Waals surface area contributed by atoms with Crippen LogP contribution in [0.5, 0.6) is 0 Å². The SMILES string of the molecule is N#Cc1cccc(-c2cc(-c3cccc(-n4c5ccccc5c5ccccc54)c3)cc(-n3c4ccccc4c4cc(C#N)ccc43)c2)c1. The van der Waals surface area contributed by atoms with E-state index in [0.717, 1.165) is 55.4 Å². The Bertz CT molecular complexity index is 2760. The molecule has 0 saturated carbocycles. The van der Waals surface area contributed by atoms with Gasteiger partial charge in [0.1, 0.15) is 0 Å². The molecular weight excluding hydrogens is 585 g/mol. The largest absolute Gasteiger partial charge is 0.309 e. The maximum atomic E-state index is 9.72. The van der Waals surface area contributed by atoms with Gasteiger partial charge in [-0.15, -0.1) is 0 Å². The molecule has 9 aromatic rings. The average Bonchev–Trinajstić information content (AvgIpc) is 3.67. The van der Waals surface area contributed by atoms with Gasteiger partial charge in [-0.2, -0.15) is 10.5 Å². The number of aromatic nitrogens is 2. The summed E-state index contributed by atoms with van der Waals surface area (Å²) in [4.78, 5) is 0. The minimum atomic E-state index is 0.619. The van der Waals surface area contributed by atoms with Crippen LogP contribution in [0.15, 0.2) is 158 Å². The molecule has 0 N–H and O–H groups in total. The monoisotopic (exact) mass is 610 g/mol. The van der Waals surface area contributed by atoms with Gasteiger partial charge in [0.25, 0.3) is 0 Å². The van der Waals surface area contributed by atoms with Crippen molar-refractivity contribution in [1.29, 1.82) is 10.5 Å². The van der Waals surface area contributed by atoms with Crippen molar-refractivity contribution in [2.45, 2.75) is 0 Å². The van der Waals surface area contributed by atoms with E-state index in [0.29, 0.717) is 11.1 Å². The molecule has 0 aliphatic rings. The molecule has 4 heteroatoms. The van der Waals surface area contributed by atoms with Crippen molar-refractivity contribution in [1.82, 2.24) is 9.13 Å². The second kappa shape index (κ2) is 10.9. The summed E-state index contributed by atoms with van der Waals surface area (Å²) in [5.41, 5.74) is 11.9. The van der Waals surface area contributed by atoms with E-state index < -0.39 is 0 Å². The number of fused-ring (bicyclic) bond motifs is 6. The van der Waals surface area contributed by atoms with Crippen molar-refractivity contribution < 1.29 is 0 Å². The predicted molar refractivity (Wildman–Crippen MR) is 195 cm³/mol. The first-order valence-corrected chi connectivity index (χ1v) is 15.9. The molecule has 48 heavy (non-hydrogen) atoms. The van der Waals surface area contributed by atoms with Gasteiger partial charge < -0.3 is 9.13 Å². The molecule has 0 fully saturated rings. The quantitative estimate of drug-likeness (QED) is 0.199. The average molecular weight is 611 g/mol. The van der Waals surface area contributed by atoms with E-state index in [-0.39, 0.29) is 0 Å². The van der Waals surface area contributed by atoms with Crippen LogP contribution in [0, 0.1) is 22.7 Å². The van der Waals surface area contributed by atoms with Gasteiger partial charge in [0, 0.05) is 32.9 Å². The Balaban J connectivity index is 1.31. The normalized spacial score (nSPS) is 11.3. The molecule has 0 aliphatic carbocycles. The number of hydrogen-bond donors (Lipinski definition) is 0. The molecular formula is C44H26N4. The summed E-state index contributed by atoms with van der Waals surface area (Å²) < 4.78 is 4.62. The van der Waals surface area contributed by atoms with Gasteiger partial charge >= 0.3 is 0 Å². The highest BCUT2D eigenvalue weighted by atomic mass is 15.0. The molecule has 0 saturated heterocycles. The summed E-state index contributed by atoms with van der Waals surface area (Å²) in [6.07, 6.45) is 0. The minimum Gasteiger partial charge on any atom is -0.309 e. The van der Waals surface area contributed by atoms with E-state index in [1.165, 1.54) is 21.8 Å². The van der Waals surface area contributed by atoms with Gasteiger partial charge in [-0.25, -0.2) is 0 Å². The molecule has 0 radical (unpaired) electrons. The molecule has 7 aromatic carbocycles. The van der Waals surface area contributed by atoms with Gasteiger partial charge in [0.05, 0.1) is 45.3 Å². The lowest BCUT2D eigenvalue weighted by Crippen LogP contribution is -1.97. The number of nitriles is 2.